The molecule has 0 saturated heterocycles. The first kappa shape index (κ1) is 31.1. The summed E-state index contributed by atoms with van der Waals surface area (Å²) in [6, 6.07) is -3.83. The molecule has 4 unspecified atom stereocenters. The second-order valence-corrected chi connectivity index (χ2v) is 8.87. The van der Waals surface area contributed by atoms with E-state index in [4.69, 9.17) is 17.2 Å². The van der Waals surface area contributed by atoms with Crippen LogP contribution in [-0.4, -0.2) is 71.8 Å². The third kappa shape index (κ3) is 13.4. The van der Waals surface area contributed by atoms with Gasteiger partial charge >= 0.3 is 5.97 Å². The summed E-state index contributed by atoms with van der Waals surface area (Å²) in [5, 5.41) is 17.0. The van der Waals surface area contributed by atoms with Gasteiger partial charge in [0.05, 0.1) is 6.04 Å². The van der Waals surface area contributed by atoms with Crippen molar-refractivity contribution in [1.29, 1.82) is 0 Å². The molecule has 33 heavy (non-hydrogen) atoms. The molecule has 0 aliphatic carbocycles. The molecule has 12 heteroatoms. The van der Waals surface area contributed by atoms with Gasteiger partial charge in [-0.05, 0) is 57.5 Å². The molecule has 0 aromatic rings. The van der Waals surface area contributed by atoms with Crippen LogP contribution in [0.4, 0.5) is 0 Å². The minimum absolute atomic E-state index is 0.0480. The predicted molar refractivity (Wildman–Crippen MR) is 131 cm³/mol. The highest BCUT2D eigenvalue weighted by Crippen LogP contribution is 2.08. The van der Waals surface area contributed by atoms with Crippen molar-refractivity contribution in [2.75, 3.05) is 18.8 Å². The van der Waals surface area contributed by atoms with Crippen molar-refractivity contribution >= 4 is 36.3 Å². The molecule has 0 spiro atoms. The number of carboxylic acid groups (broad SMARTS) is 1. The van der Waals surface area contributed by atoms with Gasteiger partial charge in [0.2, 0.25) is 17.7 Å². The molecule has 11 nitrogen and oxygen atoms in total. The SMILES string of the molecule is CC(C)CC(NC(=O)C(N)CCCCN)C(=O)NC(CS)C(=O)NC(CCCCN)C(=O)O. The molecule has 192 valence electrons. The van der Waals surface area contributed by atoms with Crippen LogP contribution in [0.25, 0.3) is 0 Å². The number of nitrogens with one attached hydrogen (secondary N) is 3. The van der Waals surface area contributed by atoms with Crippen molar-refractivity contribution in [3.63, 3.8) is 0 Å². The fourth-order valence-electron chi connectivity index (χ4n) is 3.11. The van der Waals surface area contributed by atoms with Crippen molar-refractivity contribution < 1.29 is 24.3 Å². The lowest BCUT2D eigenvalue weighted by Gasteiger charge is -2.25. The molecule has 0 radical (unpaired) electrons. The van der Waals surface area contributed by atoms with Gasteiger partial charge in [0.15, 0.2) is 0 Å². The van der Waals surface area contributed by atoms with Crippen LogP contribution in [0.15, 0.2) is 0 Å². The summed E-state index contributed by atoms with van der Waals surface area (Å²) in [5.41, 5.74) is 16.8. The summed E-state index contributed by atoms with van der Waals surface area (Å²) in [4.78, 5) is 49.4. The van der Waals surface area contributed by atoms with Gasteiger partial charge in [-0.25, -0.2) is 4.79 Å². The molecule has 0 fully saturated rings. The van der Waals surface area contributed by atoms with E-state index in [1.807, 2.05) is 13.8 Å². The largest absolute Gasteiger partial charge is 0.480 e. The zero-order valence-corrected chi connectivity index (χ0v) is 20.6. The average Bonchev–Trinajstić information content (AvgIpc) is 2.75. The van der Waals surface area contributed by atoms with Gasteiger partial charge in [-0.1, -0.05) is 20.3 Å². The van der Waals surface area contributed by atoms with E-state index < -0.39 is 47.9 Å². The van der Waals surface area contributed by atoms with Gasteiger partial charge in [0.1, 0.15) is 18.1 Å². The number of hydrogen-bond acceptors (Lipinski definition) is 8. The highest BCUT2D eigenvalue weighted by molar-refractivity contribution is 7.80. The maximum absolute atomic E-state index is 12.9. The number of unbranched alkanes of at least 4 members (excludes halogenated alkanes) is 2. The topological polar surface area (TPSA) is 203 Å². The zero-order valence-electron chi connectivity index (χ0n) is 19.7. The Morgan fingerprint density at radius 2 is 1.27 bits per heavy atom. The minimum Gasteiger partial charge on any atom is -0.480 e. The van der Waals surface area contributed by atoms with Gasteiger partial charge < -0.3 is 38.3 Å². The third-order valence-electron chi connectivity index (χ3n) is 5.02. The first-order valence-electron chi connectivity index (χ1n) is 11.5. The number of thiol groups is 1. The number of hydrogen-bond donors (Lipinski definition) is 8. The monoisotopic (exact) mass is 490 g/mol. The molecule has 0 aromatic heterocycles. The molecule has 0 bridgehead atoms. The molecule has 0 saturated carbocycles. The van der Waals surface area contributed by atoms with Crippen molar-refractivity contribution in [1.82, 2.24) is 16.0 Å². The second kappa shape index (κ2) is 17.6. The van der Waals surface area contributed by atoms with Gasteiger partial charge in [-0.2, -0.15) is 12.6 Å². The lowest BCUT2D eigenvalue weighted by atomic mass is 10.0. The predicted octanol–water partition coefficient (Wildman–Crippen LogP) is -0.913. The summed E-state index contributed by atoms with van der Waals surface area (Å²) < 4.78 is 0. The van der Waals surface area contributed by atoms with Crippen molar-refractivity contribution in [3.05, 3.63) is 0 Å². The molecular weight excluding hydrogens is 448 g/mol. The summed E-state index contributed by atoms with van der Waals surface area (Å²) in [6.45, 7) is 4.73. The molecule has 0 aromatic carbocycles. The van der Waals surface area contributed by atoms with Crippen molar-refractivity contribution in [2.24, 2.45) is 23.1 Å². The Kier molecular flexibility index (Phi) is 16.6. The molecule has 0 aliphatic rings. The normalized spacial score (nSPS) is 14.8. The zero-order chi connectivity index (χ0) is 25.4. The van der Waals surface area contributed by atoms with E-state index in [-0.39, 0.29) is 18.1 Å². The Bertz CT molecular complexity index is 622. The van der Waals surface area contributed by atoms with Gasteiger partial charge in [-0.3, -0.25) is 14.4 Å². The Morgan fingerprint density at radius 1 is 0.788 bits per heavy atom. The fourth-order valence-corrected chi connectivity index (χ4v) is 3.37. The van der Waals surface area contributed by atoms with E-state index in [0.29, 0.717) is 45.2 Å². The molecule has 4 atom stereocenters. The molecule has 0 heterocycles. The summed E-state index contributed by atoms with van der Waals surface area (Å²) in [5.74, 6) is -2.81. The van der Waals surface area contributed by atoms with Crippen LogP contribution in [-0.2, 0) is 19.2 Å². The van der Waals surface area contributed by atoms with Crippen LogP contribution in [0, 0.1) is 5.92 Å². The number of carbonyl (C=O) groups is 4. The molecule has 0 aliphatic heterocycles. The summed E-state index contributed by atoms with van der Waals surface area (Å²) in [7, 11) is 0. The Labute approximate surface area is 201 Å². The van der Waals surface area contributed by atoms with Crippen LogP contribution in [0.5, 0.6) is 0 Å². The molecule has 3 amide bonds. The molecular formula is C21H42N6O5S. The fraction of sp³-hybridized carbons (Fsp3) is 0.810. The second-order valence-electron chi connectivity index (χ2n) is 8.51. The number of carbonyl (C=O) groups excluding carboxylic acids is 3. The number of amides is 3. The van der Waals surface area contributed by atoms with Crippen LogP contribution in [0.2, 0.25) is 0 Å². The average molecular weight is 491 g/mol. The molecule has 0 rings (SSSR count). The van der Waals surface area contributed by atoms with Crippen LogP contribution in [0.3, 0.4) is 0 Å². The smallest absolute Gasteiger partial charge is 0.326 e. The van der Waals surface area contributed by atoms with Gasteiger partial charge in [0, 0.05) is 5.75 Å². The molecule has 10 N–H and O–H groups in total. The number of rotatable bonds is 18. The van der Waals surface area contributed by atoms with Crippen molar-refractivity contribution in [3.8, 4) is 0 Å². The van der Waals surface area contributed by atoms with Gasteiger partial charge in [0.25, 0.3) is 0 Å². The number of aliphatic carboxylic acids is 1. The standard InChI is InChI=1S/C21H42N6O5S/c1-13(2)11-16(26-18(28)14(24)7-3-5-9-22)19(29)27-17(12-33)20(30)25-15(21(31)32)8-4-6-10-23/h13-17,33H,3-12,22-24H2,1-2H3,(H,25,30)(H,26,28)(H,27,29)(H,31,32). The lowest BCUT2D eigenvalue weighted by Crippen LogP contribution is -2.57. The highest BCUT2D eigenvalue weighted by Gasteiger charge is 2.30. The summed E-state index contributed by atoms with van der Waals surface area (Å²) >= 11 is 4.12. The van der Waals surface area contributed by atoms with E-state index in [9.17, 15) is 24.3 Å². The first-order chi connectivity index (χ1) is 15.6. The van der Waals surface area contributed by atoms with Crippen LogP contribution in [0.1, 0.15) is 58.8 Å². The summed E-state index contributed by atoms with van der Waals surface area (Å²) in [6.07, 6.45) is 3.63. The van der Waals surface area contributed by atoms with Gasteiger partial charge in [-0.15, -0.1) is 0 Å². The number of nitrogens with two attached hydrogens (primary N) is 3. The Balaban J connectivity index is 5.11. The van der Waals surface area contributed by atoms with E-state index in [1.165, 1.54) is 0 Å². The minimum atomic E-state index is -1.17. The Hall–Kier alpha value is -1.89. The number of carboxylic acids is 1. The third-order valence-corrected chi connectivity index (χ3v) is 5.39. The lowest BCUT2D eigenvalue weighted by molar-refractivity contribution is -0.142. The maximum Gasteiger partial charge on any atom is 0.326 e. The van der Waals surface area contributed by atoms with Crippen LogP contribution < -0.4 is 33.2 Å². The van der Waals surface area contributed by atoms with E-state index in [1.54, 1.807) is 0 Å². The maximum atomic E-state index is 12.9. The van der Waals surface area contributed by atoms with Crippen molar-refractivity contribution in [2.45, 2.75) is 83.0 Å². The van der Waals surface area contributed by atoms with E-state index in [2.05, 4.69) is 28.6 Å². The van der Waals surface area contributed by atoms with Crippen LogP contribution >= 0.6 is 12.6 Å². The highest BCUT2D eigenvalue weighted by atomic mass is 32.1. The quantitative estimate of drug-likeness (QED) is 0.0890. The van der Waals surface area contributed by atoms with E-state index in [0.717, 1.165) is 6.42 Å². The first-order valence-corrected chi connectivity index (χ1v) is 12.1. The Morgan fingerprint density at radius 3 is 1.76 bits per heavy atom. The van der Waals surface area contributed by atoms with E-state index >= 15 is 0 Å².